The topological polar surface area (TPSA) is 12.9 Å². The maximum absolute atomic E-state index is 6.52. The van der Waals surface area contributed by atoms with Gasteiger partial charge in [0.25, 0.3) is 0 Å². The lowest BCUT2D eigenvalue weighted by atomic mass is 10.0. The van der Waals surface area contributed by atoms with Gasteiger partial charge in [-0.3, -0.25) is 4.98 Å². The fourth-order valence-corrected chi connectivity index (χ4v) is 2.41. The maximum atomic E-state index is 6.52. The van der Waals surface area contributed by atoms with Gasteiger partial charge in [-0.1, -0.05) is 72.3 Å². The van der Waals surface area contributed by atoms with E-state index in [-0.39, 0.29) is 0 Å². The first kappa shape index (κ1) is 11.9. The second-order valence-electron chi connectivity index (χ2n) is 4.25. The number of hydrogen-bond donors (Lipinski definition) is 0. The lowest BCUT2D eigenvalue weighted by Gasteiger charge is -2.09. The summed E-state index contributed by atoms with van der Waals surface area (Å²) < 4.78 is 0. The highest BCUT2D eigenvalue weighted by Crippen LogP contribution is 2.34. The van der Waals surface area contributed by atoms with E-state index in [1.807, 2.05) is 54.6 Å². The molecule has 1 heterocycles. The molecule has 0 aliphatic heterocycles. The van der Waals surface area contributed by atoms with E-state index in [0.29, 0.717) is 5.02 Å². The zero-order valence-corrected chi connectivity index (χ0v) is 11.0. The van der Waals surface area contributed by atoms with Crippen LogP contribution < -0.4 is 0 Å². The van der Waals surface area contributed by atoms with Crippen LogP contribution in [0.5, 0.6) is 0 Å². The van der Waals surface area contributed by atoms with Crippen LogP contribution in [0.15, 0.2) is 72.9 Å². The molecular weight excluding hydrogens is 254 g/mol. The molecule has 0 spiro atoms. The second-order valence-corrected chi connectivity index (χ2v) is 4.63. The molecule has 3 rings (SSSR count). The Labute approximate surface area is 117 Å². The molecule has 92 valence electrons. The van der Waals surface area contributed by atoms with E-state index in [1.165, 1.54) is 0 Å². The number of rotatable bonds is 2. The zero-order chi connectivity index (χ0) is 13.1. The minimum atomic E-state index is 0.694. The van der Waals surface area contributed by atoms with Gasteiger partial charge in [0, 0.05) is 17.3 Å². The molecule has 1 aromatic heterocycles. The number of halogens is 1. The predicted molar refractivity (Wildman–Crippen MR) is 80.1 cm³/mol. The molecule has 19 heavy (non-hydrogen) atoms. The first-order valence-electron chi connectivity index (χ1n) is 6.11. The van der Waals surface area contributed by atoms with Gasteiger partial charge in [0.05, 0.1) is 10.7 Å². The van der Waals surface area contributed by atoms with Gasteiger partial charge >= 0.3 is 0 Å². The Morgan fingerprint density at radius 3 is 1.89 bits per heavy atom. The zero-order valence-electron chi connectivity index (χ0n) is 10.3. The molecular formula is C17H12ClN. The van der Waals surface area contributed by atoms with Crippen molar-refractivity contribution in [1.29, 1.82) is 0 Å². The largest absolute Gasteiger partial charge is 0.255 e. The molecule has 2 aromatic carbocycles. The highest BCUT2D eigenvalue weighted by atomic mass is 35.5. The van der Waals surface area contributed by atoms with Crippen molar-refractivity contribution in [3.63, 3.8) is 0 Å². The maximum Gasteiger partial charge on any atom is 0.0894 e. The van der Waals surface area contributed by atoms with Crippen molar-refractivity contribution in [2.45, 2.75) is 0 Å². The smallest absolute Gasteiger partial charge is 0.0894 e. The molecule has 0 amide bonds. The summed E-state index contributed by atoms with van der Waals surface area (Å²) in [7, 11) is 0. The SMILES string of the molecule is Clc1c(-c2ccccc2)ccnc1-c1ccccc1. The number of aromatic nitrogens is 1. The summed E-state index contributed by atoms with van der Waals surface area (Å²) in [5, 5.41) is 0.694. The molecule has 0 radical (unpaired) electrons. The van der Waals surface area contributed by atoms with Crippen molar-refractivity contribution in [3.8, 4) is 22.4 Å². The molecule has 0 atom stereocenters. The van der Waals surface area contributed by atoms with Crippen LogP contribution in [-0.4, -0.2) is 4.98 Å². The first-order chi connectivity index (χ1) is 9.36. The van der Waals surface area contributed by atoms with E-state index < -0.39 is 0 Å². The van der Waals surface area contributed by atoms with Crippen LogP contribution >= 0.6 is 11.6 Å². The van der Waals surface area contributed by atoms with E-state index in [0.717, 1.165) is 22.4 Å². The van der Waals surface area contributed by atoms with E-state index in [2.05, 4.69) is 17.1 Å². The molecule has 2 heteroatoms. The highest BCUT2D eigenvalue weighted by molar-refractivity contribution is 6.35. The summed E-state index contributed by atoms with van der Waals surface area (Å²) >= 11 is 6.52. The van der Waals surface area contributed by atoms with E-state index in [4.69, 9.17) is 11.6 Å². The van der Waals surface area contributed by atoms with Crippen LogP contribution in [0.4, 0.5) is 0 Å². The number of pyridine rings is 1. The van der Waals surface area contributed by atoms with Crippen LogP contribution in [-0.2, 0) is 0 Å². The summed E-state index contributed by atoms with van der Waals surface area (Å²) in [6.07, 6.45) is 1.80. The fraction of sp³-hybridized carbons (Fsp3) is 0. The minimum Gasteiger partial charge on any atom is -0.255 e. The third kappa shape index (κ3) is 2.38. The summed E-state index contributed by atoms with van der Waals surface area (Å²) in [5.41, 5.74) is 3.97. The molecule has 0 unspecified atom stereocenters. The molecule has 0 N–H and O–H groups in total. The van der Waals surface area contributed by atoms with Gasteiger partial charge in [-0.05, 0) is 11.6 Å². The van der Waals surface area contributed by atoms with Crippen LogP contribution in [0.1, 0.15) is 0 Å². The predicted octanol–water partition coefficient (Wildman–Crippen LogP) is 5.07. The lowest BCUT2D eigenvalue weighted by Crippen LogP contribution is -1.88. The average Bonchev–Trinajstić information content (AvgIpc) is 2.49. The molecule has 0 saturated carbocycles. The molecule has 0 bridgehead atoms. The van der Waals surface area contributed by atoms with Gasteiger partial charge in [0.15, 0.2) is 0 Å². The number of nitrogens with zero attached hydrogens (tertiary/aromatic N) is 1. The van der Waals surface area contributed by atoms with Crippen LogP contribution in [0.25, 0.3) is 22.4 Å². The van der Waals surface area contributed by atoms with Gasteiger partial charge in [-0.25, -0.2) is 0 Å². The van der Waals surface area contributed by atoms with Crippen molar-refractivity contribution in [2.24, 2.45) is 0 Å². The Morgan fingerprint density at radius 1 is 0.684 bits per heavy atom. The second kappa shape index (κ2) is 5.25. The van der Waals surface area contributed by atoms with Gasteiger partial charge in [-0.15, -0.1) is 0 Å². The molecule has 0 saturated heterocycles. The Bertz CT molecular complexity index is 620. The third-order valence-corrected chi connectivity index (χ3v) is 3.40. The fourth-order valence-electron chi connectivity index (χ4n) is 2.08. The Morgan fingerprint density at radius 2 is 1.26 bits per heavy atom. The summed E-state index contributed by atoms with van der Waals surface area (Å²) in [6.45, 7) is 0. The third-order valence-electron chi connectivity index (χ3n) is 3.02. The Balaban J connectivity index is 2.15. The van der Waals surface area contributed by atoms with Crippen molar-refractivity contribution in [2.75, 3.05) is 0 Å². The monoisotopic (exact) mass is 265 g/mol. The first-order valence-corrected chi connectivity index (χ1v) is 6.49. The quantitative estimate of drug-likeness (QED) is 0.630. The highest BCUT2D eigenvalue weighted by Gasteiger charge is 2.10. The number of benzene rings is 2. The minimum absolute atomic E-state index is 0.694. The van der Waals surface area contributed by atoms with Crippen molar-refractivity contribution >= 4 is 11.6 Å². The summed E-state index contributed by atoms with van der Waals surface area (Å²) in [4.78, 5) is 4.40. The van der Waals surface area contributed by atoms with Crippen molar-refractivity contribution < 1.29 is 0 Å². The normalized spacial score (nSPS) is 10.4. The molecule has 3 aromatic rings. The van der Waals surface area contributed by atoms with E-state index in [1.54, 1.807) is 6.20 Å². The van der Waals surface area contributed by atoms with Gasteiger partial charge in [0.1, 0.15) is 0 Å². The van der Waals surface area contributed by atoms with E-state index >= 15 is 0 Å². The van der Waals surface area contributed by atoms with Crippen LogP contribution in [0, 0.1) is 0 Å². The molecule has 0 fully saturated rings. The number of hydrogen-bond acceptors (Lipinski definition) is 1. The van der Waals surface area contributed by atoms with Gasteiger partial charge in [-0.2, -0.15) is 0 Å². The van der Waals surface area contributed by atoms with Crippen LogP contribution in [0.3, 0.4) is 0 Å². The Hall–Kier alpha value is -2.12. The van der Waals surface area contributed by atoms with E-state index in [9.17, 15) is 0 Å². The lowest BCUT2D eigenvalue weighted by molar-refractivity contribution is 1.33. The standard InChI is InChI=1S/C17H12ClN/c18-16-15(13-7-3-1-4-8-13)11-12-19-17(16)14-9-5-2-6-10-14/h1-12H. The summed E-state index contributed by atoms with van der Waals surface area (Å²) in [6, 6.07) is 22.1. The average molecular weight is 266 g/mol. The molecule has 0 aliphatic rings. The van der Waals surface area contributed by atoms with Crippen molar-refractivity contribution in [1.82, 2.24) is 4.98 Å². The van der Waals surface area contributed by atoms with Crippen molar-refractivity contribution in [3.05, 3.63) is 77.9 Å². The van der Waals surface area contributed by atoms with Gasteiger partial charge in [0.2, 0.25) is 0 Å². The Kier molecular flexibility index (Phi) is 3.30. The molecule has 0 aliphatic carbocycles. The van der Waals surface area contributed by atoms with Crippen LogP contribution in [0.2, 0.25) is 5.02 Å². The molecule has 1 nitrogen and oxygen atoms in total. The van der Waals surface area contributed by atoms with Gasteiger partial charge < -0.3 is 0 Å². The summed E-state index contributed by atoms with van der Waals surface area (Å²) in [5.74, 6) is 0.